The van der Waals surface area contributed by atoms with Crippen molar-refractivity contribution in [3.63, 3.8) is 0 Å². The molecule has 0 atom stereocenters. The fourth-order valence-electron chi connectivity index (χ4n) is 3.70. The van der Waals surface area contributed by atoms with E-state index in [0.717, 1.165) is 5.69 Å². The van der Waals surface area contributed by atoms with Crippen LogP contribution in [0.2, 0.25) is 0 Å². The van der Waals surface area contributed by atoms with Gasteiger partial charge in [-0.25, -0.2) is 9.97 Å². The number of aromatic nitrogens is 3. The van der Waals surface area contributed by atoms with Crippen LogP contribution in [0, 0.1) is 5.41 Å². The van der Waals surface area contributed by atoms with Crippen molar-refractivity contribution in [2.24, 2.45) is 5.73 Å². The molecule has 1 amide bonds. The Kier molecular flexibility index (Phi) is 7.10. The summed E-state index contributed by atoms with van der Waals surface area (Å²) in [5, 5.41) is 19.9. The second-order valence-electron chi connectivity index (χ2n) is 7.84. The molecule has 0 aliphatic heterocycles. The highest BCUT2D eigenvalue weighted by Gasteiger charge is 2.21. The van der Waals surface area contributed by atoms with Gasteiger partial charge < -0.3 is 21.0 Å². The monoisotopic (exact) mass is 487 g/mol. The molecule has 0 bridgehead atoms. The summed E-state index contributed by atoms with van der Waals surface area (Å²) in [6.45, 7) is 0.317. The van der Waals surface area contributed by atoms with Crippen LogP contribution in [-0.2, 0) is 11.3 Å². The molecule has 5 N–H and O–H groups in total. The van der Waals surface area contributed by atoms with Crippen molar-refractivity contribution in [3.8, 4) is 0 Å². The summed E-state index contributed by atoms with van der Waals surface area (Å²) in [6.07, 6.45) is 1.33. The maximum absolute atomic E-state index is 13.3. The quantitative estimate of drug-likeness (QED) is 0.196. The lowest BCUT2D eigenvalue weighted by molar-refractivity contribution is -0.136. The molecule has 2 aromatic heterocycles. The van der Waals surface area contributed by atoms with E-state index in [9.17, 15) is 9.59 Å². The average Bonchev–Trinajstić information content (AvgIpc) is 3.24. The summed E-state index contributed by atoms with van der Waals surface area (Å²) in [5.74, 6) is -0.440. The number of carbonyl (C=O) groups excluding carboxylic acids is 1. The number of amidine groups is 1. The van der Waals surface area contributed by atoms with E-state index in [1.807, 2.05) is 12.1 Å². The molecule has 4 rings (SSSR count). The van der Waals surface area contributed by atoms with E-state index in [-0.39, 0.29) is 24.7 Å². The zero-order valence-electron chi connectivity index (χ0n) is 19.5. The third kappa shape index (κ3) is 5.25. The number of nitrogens with two attached hydrogens (primary N) is 1. The number of carboxylic acid groups (broad SMARTS) is 1. The molecule has 11 heteroatoms. The number of benzene rings is 2. The molecule has 0 saturated carbocycles. The SMILES string of the molecule is COn1c(CNc2ccc(C(=N)N)cc2)nc2cc(C(=O)N(CCC(=O)O)c3ccccn3)ccc21. The fraction of sp³-hybridized carbons (Fsp3) is 0.160. The Hall–Kier alpha value is -4.93. The molecule has 0 aliphatic carbocycles. The number of fused-ring (bicyclic) bond motifs is 1. The average molecular weight is 488 g/mol. The van der Waals surface area contributed by atoms with E-state index in [4.69, 9.17) is 21.1 Å². The molecule has 0 fully saturated rings. The highest BCUT2D eigenvalue weighted by atomic mass is 16.6. The van der Waals surface area contributed by atoms with Crippen molar-refractivity contribution in [1.29, 1.82) is 5.41 Å². The normalized spacial score (nSPS) is 10.7. The van der Waals surface area contributed by atoms with Crippen LogP contribution < -0.4 is 20.8 Å². The van der Waals surface area contributed by atoms with Crippen molar-refractivity contribution in [3.05, 3.63) is 83.8 Å². The Morgan fingerprint density at radius 3 is 2.53 bits per heavy atom. The van der Waals surface area contributed by atoms with Gasteiger partial charge >= 0.3 is 5.97 Å². The molecule has 184 valence electrons. The lowest BCUT2D eigenvalue weighted by Crippen LogP contribution is -2.33. The number of nitrogen functional groups attached to an aromatic ring is 1. The van der Waals surface area contributed by atoms with E-state index in [1.54, 1.807) is 59.5 Å². The highest BCUT2D eigenvalue weighted by molar-refractivity contribution is 6.07. The van der Waals surface area contributed by atoms with Crippen LogP contribution in [0.1, 0.15) is 28.2 Å². The topological polar surface area (TPSA) is 159 Å². The largest absolute Gasteiger partial charge is 0.481 e. The van der Waals surface area contributed by atoms with Gasteiger partial charge in [0.05, 0.1) is 18.5 Å². The van der Waals surface area contributed by atoms with Crippen molar-refractivity contribution in [1.82, 2.24) is 14.7 Å². The van der Waals surface area contributed by atoms with Gasteiger partial charge in [0, 0.05) is 29.6 Å². The van der Waals surface area contributed by atoms with Crippen LogP contribution in [0.3, 0.4) is 0 Å². The molecule has 4 aromatic rings. The van der Waals surface area contributed by atoms with Gasteiger partial charge in [-0.2, -0.15) is 4.73 Å². The van der Waals surface area contributed by atoms with E-state index >= 15 is 0 Å². The first-order valence-electron chi connectivity index (χ1n) is 11.1. The Labute approximate surface area is 206 Å². The van der Waals surface area contributed by atoms with Crippen molar-refractivity contribution < 1.29 is 19.5 Å². The van der Waals surface area contributed by atoms with E-state index in [0.29, 0.717) is 40.3 Å². The third-order valence-corrected chi connectivity index (χ3v) is 5.47. The molecule has 0 unspecified atom stereocenters. The molecule has 0 spiro atoms. The second-order valence-corrected chi connectivity index (χ2v) is 7.84. The summed E-state index contributed by atoms with van der Waals surface area (Å²) in [5.41, 5.74) is 8.51. The Morgan fingerprint density at radius 1 is 1.14 bits per heavy atom. The van der Waals surface area contributed by atoms with E-state index < -0.39 is 5.97 Å². The summed E-state index contributed by atoms with van der Waals surface area (Å²) in [7, 11) is 1.53. The lowest BCUT2D eigenvalue weighted by Gasteiger charge is -2.21. The number of rotatable bonds is 10. The Balaban J connectivity index is 1.59. The van der Waals surface area contributed by atoms with Gasteiger partial charge in [-0.1, -0.05) is 6.07 Å². The maximum atomic E-state index is 13.3. The first-order valence-corrected chi connectivity index (χ1v) is 11.1. The smallest absolute Gasteiger partial charge is 0.305 e. The van der Waals surface area contributed by atoms with Gasteiger partial charge in [0.15, 0.2) is 5.82 Å². The van der Waals surface area contributed by atoms with Gasteiger partial charge in [-0.15, -0.1) is 0 Å². The zero-order valence-corrected chi connectivity index (χ0v) is 19.5. The molecule has 2 aromatic carbocycles. The third-order valence-electron chi connectivity index (χ3n) is 5.47. The number of anilines is 2. The van der Waals surface area contributed by atoms with Gasteiger partial charge in [0.25, 0.3) is 5.91 Å². The molecule has 2 heterocycles. The highest BCUT2D eigenvalue weighted by Crippen LogP contribution is 2.21. The number of amides is 1. The maximum Gasteiger partial charge on any atom is 0.305 e. The number of carboxylic acids is 1. The number of nitrogens with zero attached hydrogens (tertiary/aromatic N) is 4. The van der Waals surface area contributed by atoms with E-state index in [1.165, 1.54) is 12.0 Å². The molecule has 0 radical (unpaired) electrons. The fourth-order valence-corrected chi connectivity index (χ4v) is 3.70. The van der Waals surface area contributed by atoms with Crippen LogP contribution in [0.5, 0.6) is 0 Å². The number of imidazole rings is 1. The first-order chi connectivity index (χ1) is 17.4. The van der Waals surface area contributed by atoms with Crippen LogP contribution in [0.4, 0.5) is 11.5 Å². The van der Waals surface area contributed by atoms with Gasteiger partial charge in [0.1, 0.15) is 24.3 Å². The van der Waals surface area contributed by atoms with Gasteiger partial charge in [0.2, 0.25) is 0 Å². The molecule has 11 nitrogen and oxygen atoms in total. The van der Waals surface area contributed by atoms with Crippen molar-refractivity contribution in [2.45, 2.75) is 13.0 Å². The zero-order chi connectivity index (χ0) is 25.7. The predicted octanol–water partition coefficient (Wildman–Crippen LogP) is 2.51. The van der Waals surface area contributed by atoms with Crippen LogP contribution in [0.15, 0.2) is 66.9 Å². The summed E-state index contributed by atoms with van der Waals surface area (Å²) >= 11 is 0. The number of carbonyl (C=O) groups is 2. The molecule has 36 heavy (non-hydrogen) atoms. The first kappa shape index (κ1) is 24.2. The van der Waals surface area contributed by atoms with Gasteiger partial charge in [-0.3, -0.25) is 19.9 Å². The lowest BCUT2D eigenvalue weighted by atomic mass is 10.1. The summed E-state index contributed by atoms with van der Waals surface area (Å²) in [6, 6.07) is 17.3. The van der Waals surface area contributed by atoms with E-state index in [2.05, 4.69) is 15.3 Å². The minimum atomic E-state index is -1.01. The molecule has 0 aliphatic rings. The van der Waals surface area contributed by atoms with Crippen LogP contribution >= 0.6 is 0 Å². The van der Waals surface area contributed by atoms with Gasteiger partial charge in [-0.05, 0) is 54.6 Å². The number of nitrogens with one attached hydrogen (secondary N) is 2. The number of pyridine rings is 1. The molecular formula is C25H25N7O4. The summed E-state index contributed by atoms with van der Waals surface area (Å²) in [4.78, 5) is 40.2. The van der Waals surface area contributed by atoms with Crippen LogP contribution in [-0.4, -0.2) is 51.2 Å². The standard InChI is InChI=1S/C25H25N7O4/c1-36-32-20-10-7-17(25(35)31(13-11-23(33)34)21-4-2-3-12-28-21)14-19(20)30-22(32)15-29-18-8-5-16(6-9-18)24(26)27/h2-10,12,14,29H,11,13,15H2,1H3,(H3,26,27)(H,33,34). The predicted molar refractivity (Wildman–Crippen MR) is 135 cm³/mol. The Bertz CT molecular complexity index is 1400. The minimum Gasteiger partial charge on any atom is -0.481 e. The second kappa shape index (κ2) is 10.6. The summed E-state index contributed by atoms with van der Waals surface area (Å²) < 4.78 is 1.57. The molecular weight excluding hydrogens is 462 g/mol. The number of hydrogen-bond acceptors (Lipinski definition) is 7. The van der Waals surface area contributed by atoms with Crippen molar-refractivity contribution >= 4 is 40.3 Å². The van der Waals surface area contributed by atoms with Crippen LogP contribution in [0.25, 0.3) is 11.0 Å². The number of aliphatic carboxylic acids is 1. The minimum absolute atomic E-state index is 0.00218. The number of hydrogen-bond donors (Lipinski definition) is 4. The van der Waals surface area contributed by atoms with Crippen molar-refractivity contribution in [2.75, 3.05) is 23.9 Å². The molecule has 0 saturated heterocycles. The Morgan fingerprint density at radius 2 is 1.89 bits per heavy atom.